The average Bonchev–Trinajstić information content (AvgIpc) is 1.61. The zero-order chi connectivity index (χ0) is 89.0. The lowest BCUT2D eigenvalue weighted by molar-refractivity contribution is -0.145. The quantitative estimate of drug-likeness (QED) is 0.0270. The molecule has 1 aromatic rings. The summed E-state index contributed by atoms with van der Waals surface area (Å²) in [6, 6.07) is -17.4. The fraction of sp³-hybridized carbons (Fsp3) is 0.662. The minimum Gasteiger partial charge on any atom is -0.508 e. The summed E-state index contributed by atoms with van der Waals surface area (Å²) in [7, 11) is 1.35. The molecule has 0 bridgehead atoms. The minimum absolute atomic E-state index is 0.0173. The van der Waals surface area contributed by atoms with Crippen LogP contribution in [0.15, 0.2) is 24.3 Å². The molecule has 15 atom stereocenters. The number of hydrogen-bond acceptors (Lipinski definition) is 24. The van der Waals surface area contributed by atoms with Gasteiger partial charge in [0.05, 0.1) is 31.9 Å². The lowest BCUT2D eigenvalue weighted by Crippen LogP contribution is -2.62. The van der Waals surface area contributed by atoms with Crippen molar-refractivity contribution in [1.82, 2.24) is 68.3 Å². The fourth-order valence-corrected chi connectivity index (χ4v) is 12.6. The number of rotatable bonds is 53. The number of phenolic OH excluding ortho intramolecular Hbond substituents is 1. The van der Waals surface area contributed by atoms with Crippen LogP contribution in [0.5, 0.6) is 5.75 Å². The van der Waals surface area contributed by atoms with E-state index in [1.807, 2.05) is 0 Å². The molecule has 27 N–H and O–H groups in total. The normalized spacial score (nSPS) is 16.2. The number of aliphatic hydroxyl groups is 1. The van der Waals surface area contributed by atoms with E-state index in [1.165, 1.54) is 46.9 Å². The molecule has 43 heteroatoms. The first-order valence-corrected chi connectivity index (χ1v) is 38.5. The topological polar surface area (TPSA) is 715 Å². The van der Waals surface area contributed by atoms with E-state index in [0.29, 0.717) is 5.56 Å². The second-order valence-electron chi connectivity index (χ2n) is 30.6. The lowest BCUT2D eigenvalue weighted by Gasteiger charge is -2.39. The van der Waals surface area contributed by atoms with Crippen molar-refractivity contribution in [3.05, 3.63) is 29.8 Å². The summed E-state index contributed by atoms with van der Waals surface area (Å²) in [5.41, 5.74) is 28.4. The second-order valence-corrected chi connectivity index (χ2v) is 30.6. The van der Waals surface area contributed by atoms with Crippen LogP contribution < -0.4 is 87.2 Å². The number of hydrogen-bond donors (Lipinski definition) is 22. The number of likely N-dealkylation sites (tertiary alicyclic amines) is 1. The fourth-order valence-electron chi connectivity index (χ4n) is 12.6. The number of aromatic hydroxyl groups is 1. The van der Waals surface area contributed by atoms with Crippen LogP contribution in [-0.2, 0) is 97.5 Å². The van der Waals surface area contributed by atoms with Gasteiger partial charge in [0.25, 0.3) is 0 Å². The lowest BCUT2D eigenvalue weighted by atomic mass is 9.84. The number of nitrogens with two attached hydrogens (primary N) is 5. The molecule has 1 fully saturated rings. The molecular formula is C74H120N18O25. The number of primary amides is 2. The van der Waals surface area contributed by atoms with Gasteiger partial charge in [-0.05, 0) is 125 Å². The Morgan fingerprint density at radius 3 is 1.32 bits per heavy atom. The Labute approximate surface area is 676 Å². The van der Waals surface area contributed by atoms with Crippen LogP contribution in [-0.4, -0.2) is 271 Å². The Bertz CT molecular complexity index is 3650. The maximum Gasteiger partial charge on any atom is 0.326 e. The van der Waals surface area contributed by atoms with Crippen molar-refractivity contribution < 1.29 is 122 Å². The summed E-state index contributed by atoms with van der Waals surface area (Å²) >= 11 is 0. The first-order chi connectivity index (χ1) is 54.6. The van der Waals surface area contributed by atoms with Crippen LogP contribution >= 0.6 is 0 Å². The Balaban J connectivity index is 2.50. The standard InChI is InChI=1S/C74H120N18O25/c1-11-38(6)58(69(112)89-57(37(4)5)73(116)117)90-65(108)47(33-52(79)96)84-64(107)48(34-55(101)102)85-67(110)50-19-16-30-92(50)72(115)45(18-13-15-29-76)83-66(109)49(35-93)87-62(105)44(25-27-54(99)100)82-61(104)43(24-26-53(97)98)81-60(103)42(17-12-14-28-75)80-63(106)46(32-51(78)95)86-68(111)56(36(2)3)88-70(113)59(74(7,8)9)91(10)71(114)41(77)31-39-20-22-40(94)23-21-39/h20-23,36-38,41-50,56-59,93-94H,11-19,24-35,75-77H2,1-10H3,(H2,78,95)(H2,79,96)(H,80,106)(H,81,103)(H,82,104)(H,83,109)(H,84,107)(H,85,110)(H,86,111)(H,87,105)(H,88,113)(H,89,112)(H,90,108)(H,97,98)(H,99,100)(H,101,102)(H,116,117)/t38-,41-,42-,43-,44-,45-,46-,47-,48-,49-,50-,56-,57-,58-,59+/m0/s1. The molecule has 0 aromatic heterocycles. The minimum atomic E-state index is -2.04. The van der Waals surface area contributed by atoms with E-state index in [1.54, 1.807) is 46.8 Å². The van der Waals surface area contributed by atoms with E-state index in [-0.39, 0.29) is 89.6 Å². The van der Waals surface area contributed by atoms with Gasteiger partial charge in [-0.2, -0.15) is 0 Å². The van der Waals surface area contributed by atoms with Crippen molar-refractivity contribution in [3.8, 4) is 5.75 Å². The van der Waals surface area contributed by atoms with Gasteiger partial charge < -0.3 is 128 Å². The molecule has 1 aliphatic heterocycles. The number of aliphatic carboxylic acids is 4. The molecular weight excluding hydrogens is 1540 g/mol. The van der Waals surface area contributed by atoms with Crippen molar-refractivity contribution in [1.29, 1.82) is 0 Å². The van der Waals surface area contributed by atoms with Gasteiger partial charge in [0.2, 0.25) is 88.6 Å². The Morgan fingerprint density at radius 2 is 0.889 bits per heavy atom. The van der Waals surface area contributed by atoms with Gasteiger partial charge in [0, 0.05) is 26.4 Å². The van der Waals surface area contributed by atoms with E-state index < -0.39 is 272 Å². The van der Waals surface area contributed by atoms with E-state index in [0.717, 1.165) is 9.80 Å². The van der Waals surface area contributed by atoms with Crippen molar-refractivity contribution in [2.75, 3.05) is 33.3 Å². The number of carbonyl (C=O) groups excluding carboxylic acids is 15. The molecule has 656 valence electrons. The molecule has 0 radical (unpaired) electrons. The summed E-state index contributed by atoms with van der Waals surface area (Å²) in [4.78, 5) is 259. The van der Waals surface area contributed by atoms with Crippen molar-refractivity contribution in [3.63, 3.8) is 0 Å². The second kappa shape index (κ2) is 49.6. The number of nitrogens with zero attached hydrogens (tertiary/aromatic N) is 2. The van der Waals surface area contributed by atoms with Gasteiger partial charge in [-0.3, -0.25) is 86.3 Å². The van der Waals surface area contributed by atoms with Gasteiger partial charge in [-0.25, -0.2) is 4.79 Å². The van der Waals surface area contributed by atoms with E-state index in [9.17, 15) is 122 Å². The molecule has 117 heavy (non-hydrogen) atoms. The van der Waals surface area contributed by atoms with Gasteiger partial charge >= 0.3 is 23.9 Å². The molecule has 0 aliphatic carbocycles. The number of aliphatic hydroxyl groups excluding tert-OH is 1. The zero-order valence-electron chi connectivity index (χ0n) is 67.7. The number of benzene rings is 1. The molecule has 1 heterocycles. The molecule has 0 saturated carbocycles. The maximum atomic E-state index is 14.6. The van der Waals surface area contributed by atoms with E-state index in [2.05, 4.69) is 58.5 Å². The molecule has 1 saturated heterocycles. The van der Waals surface area contributed by atoms with Crippen molar-refractivity contribution in [2.45, 2.75) is 256 Å². The highest BCUT2D eigenvalue weighted by Gasteiger charge is 2.44. The molecule has 15 amide bonds. The van der Waals surface area contributed by atoms with E-state index in [4.69, 9.17) is 28.7 Å². The SMILES string of the molecule is CC[C@H](C)[C@H](NC(=O)[C@H](CC(N)=O)NC(=O)[C@H](CC(=O)O)NC(=O)[C@@H]1CCCN1C(=O)[C@H](CCCCN)NC(=O)[C@H](CO)NC(=O)[C@H](CCC(=O)O)NC(=O)[C@H](CCC(=O)O)NC(=O)[C@H](CCCCN)NC(=O)[C@H](CC(N)=O)NC(=O)[C@@H](NC(=O)[C@@H](N(C)C(=O)[C@@H](N)Cc1ccc(O)cc1)C(C)(C)C)C(C)C)C(=O)N[C@H](C(=O)O)C(C)C. The highest BCUT2D eigenvalue weighted by Crippen LogP contribution is 2.27. The van der Waals surface area contributed by atoms with Gasteiger partial charge in [0.1, 0.15) is 84.3 Å². The van der Waals surface area contributed by atoms with Gasteiger partial charge in [-0.1, -0.05) is 80.9 Å². The van der Waals surface area contributed by atoms with Crippen LogP contribution in [0.1, 0.15) is 171 Å². The number of unbranched alkanes of at least 4 members (excludes halogenated alkanes) is 2. The summed E-state index contributed by atoms with van der Waals surface area (Å²) in [5, 5.41) is 85.2. The Kier molecular flexibility index (Phi) is 43.2. The molecule has 1 aliphatic rings. The van der Waals surface area contributed by atoms with Crippen molar-refractivity contribution in [2.24, 2.45) is 51.8 Å². The number of carboxylic acid groups (broad SMARTS) is 4. The zero-order valence-corrected chi connectivity index (χ0v) is 67.7. The first kappa shape index (κ1) is 102. The molecule has 0 spiro atoms. The van der Waals surface area contributed by atoms with Gasteiger partial charge in [0.15, 0.2) is 0 Å². The molecule has 0 unspecified atom stereocenters. The molecule has 2 rings (SSSR count). The third-order valence-corrected chi connectivity index (χ3v) is 19.2. The molecule has 1 aromatic carbocycles. The van der Waals surface area contributed by atoms with Crippen LogP contribution in [0.3, 0.4) is 0 Å². The summed E-state index contributed by atoms with van der Waals surface area (Å²) in [6.45, 7) is 12.9. The summed E-state index contributed by atoms with van der Waals surface area (Å²) < 4.78 is 0. The predicted octanol–water partition coefficient (Wildman–Crippen LogP) is -5.89. The number of phenols is 1. The van der Waals surface area contributed by atoms with Crippen LogP contribution in [0.2, 0.25) is 0 Å². The number of amides is 15. The Morgan fingerprint density at radius 1 is 0.496 bits per heavy atom. The van der Waals surface area contributed by atoms with Crippen LogP contribution in [0, 0.1) is 23.2 Å². The van der Waals surface area contributed by atoms with E-state index >= 15 is 0 Å². The summed E-state index contributed by atoms with van der Waals surface area (Å²) in [6.07, 6.45) is -5.87. The predicted molar refractivity (Wildman–Crippen MR) is 415 cm³/mol. The average molecular weight is 1660 g/mol. The highest BCUT2D eigenvalue weighted by molar-refractivity contribution is 6.02. The monoisotopic (exact) mass is 1660 g/mol. The third-order valence-electron chi connectivity index (χ3n) is 19.2. The smallest absolute Gasteiger partial charge is 0.326 e. The Hall–Kier alpha value is -11.2. The largest absolute Gasteiger partial charge is 0.508 e. The highest BCUT2D eigenvalue weighted by atomic mass is 16.4. The number of carbonyl (C=O) groups is 19. The molecule has 43 nitrogen and oxygen atoms in total. The number of nitrogens with one attached hydrogen (secondary N) is 11. The van der Waals surface area contributed by atoms with Crippen molar-refractivity contribution >= 4 is 112 Å². The summed E-state index contributed by atoms with van der Waals surface area (Å²) in [5.74, 6) is -24.9. The van der Waals surface area contributed by atoms with Gasteiger partial charge in [-0.15, -0.1) is 0 Å². The number of carboxylic acids is 4. The third kappa shape index (κ3) is 34.6. The van der Waals surface area contributed by atoms with Crippen LogP contribution in [0.25, 0.3) is 0 Å². The number of likely N-dealkylation sites (N-methyl/N-ethyl adjacent to an activating group) is 1. The maximum absolute atomic E-state index is 14.6. The van der Waals surface area contributed by atoms with Crippen LogP contribution in [0.4, 0.5) is 0 Å². The first-order valence-electron chi connectivity index (χ1n) is 38.5.